The molecule has 1 heterocycles. The number of aromatic nitrogens is 1. The highest BCUT2D eigenvalue weighted by Gasteiger charge is 2.03. The molecule has 0 saturated heterocycles. The first-order valence-electron chi connectivity index (χ1n) is 5.07. The molecule has 0 aliphatic rings. The molecule has 0 bridgehead atoms. The summed E-state index contributed by atoms with van der Waals surface area (Å²) in [6.07, 6.45) is 0. The van der Waals surface area contributed by atoms with Gasteiger partial charge in [0.25, 0.3) is 0 Å². The van der Waals surface area contributed by atoms with Crippen LogP contribution in [0.5, 0.6) is 0 Å². The van der Waals surface area contributed by atoms with Crippen LogP contribution in [0.15, 0.2) is 36.4 Å². The van der Waals surface area contributed by atoms with E-state index in [0.29, 0.717) is 27.8 Å². The van der Waals surface area contributed by atoms with Gasteiger partial charge in [-0.15, -0.1) is 0 Å². The molecule has 0 saturated carbocycles. The van der Waals surface area contributed by atoms with Gasteiger partial charge in [0, 0.05) is 5.69 Å². The average Bonchev–Trinajstić information content (AvgIpc) is 2.38. The molecule has 0 amide bonds. The SMILES string of the molecule is N#Cc1ccc(Nc2cccc(Cl)n2)cc1C#N. The van der Waals surface area contributed by atoms with Crippen molar-refractivity contribution >= 4 is 23.1 Å². The second-order valence-electron chi connectivity index (χ2n) is 3.45. The van der Waals surface area contributed by atoms with Gasteiger partial charge in [-0.25, -0.2) is 4.98 Å². The number of hydrogen-bond donors (Lipinski definition) is 1. The van der Waals surface area contributed by atoms with Crippen LogP contribution in [-0.2, 0) is 0 Å². The Morgan fingerprint density at radius 1 is 1.06 bits per heavy atom. The Bertz CT molecular complexity index is 667. The van der Waals surface area contributed by atoms with Gasteiger partial charge in [-0.3, -0.25) is 0 Å². The topological polar surface area (TPSA) is 72.5 Å². The fourth-order valence-electron chi connectivity index (χ4n) is 1.44. The highest BCUT2D eigenvalue weighted by Crippen LogP contribution is 2.19. The Morgan fingerprint density at radius 2 is 1.83 bits per heavy atom. The van der Waals surface area contributed by atoms with E-state index in [1.54, 1.807) is 36.4 Å². The van der Waals surface area contributed by atoms with Gasteiger partial charge in [-0.1, -0.05) is 17.7 Å². The van der Waals surface area contributed by atoms with Gasteiger partial charge in [-0.05, 0) is 30.3 Å². The number of pyridine rings is 1. The lowest BCUT2D eigenvalue weighted by Gasteiger charge is -2.06. The highest BCUT2D eigenvalue weighted by molar-refractivity contribution is 6.29. The number of benzene rings is 1. The van der Waals surface area contributed by atoms with Crippen molar-refractivity contribution in [3.63, 3.8) is 0 Å². The number of anilines is 2. The monoisotopic (exact) mass is 254 g/mol. The predicted octanol–water partition coefficient (Wildman–Crippen LogP) is 3.22. The maximum absolute atomic E-state index is 8.92. The van der Waals surface area contributed by atoms with Crippen LogP contribution in [0.25, 0.3) is 0 Å². The summed E-state index contributed by atoms with van der Waals surface area (Å²) in [5.41, 5.74) is 1.35. The van der Waals surface area contributed by atoms with Crippen LogP contribution >= 0.6 is 11.6 Å². The van der Waals surface area contributed by atoms with Gasteiger partial charge in [0.05, 0.1) is 11.1 Å². The lowest BCUT2D eigenvalue weighted by Crippen LogP contribution is -1.94. The molecule has 0 radical (unpaired) electrons. The van der Waals surface area contributed by atoms with Crippen molar-refractivity contribution in [2.75, 3.05) is 5.32 Å². The number of nitriles is 2. The second kappa shape index (κ2) is 5.18. The molecule has 1 aromatic carbocycles. The quantitative estimate of drug-likeness (QED) is 0.835. The molecule has 2 aromatic rings. The number of rotatable bonds is 2. The Balaban J connectivity index is 2.31. The largest absolute Gasteiger partial charge is 0.340 e. The van der Waals surface area contributed by atoms with Crippen LogP contribution in [0, 0.1) is 22.7 Å². The van der Waals surface area contributed by atoms with Crippen LogP contribution in [0.1, 0.15) is 11.1 Å². The molecular weight excluding hydrogens is 248 g/mol. The van der Waals surface area contributed by atoms with E-state index in [0.717, 1.165) is 0 Å². The van der Waals surface area contributed by atoms with Crippen LogP contribution in [0.2, 0.25) is 5.15 Å². The van der Waals surface area contributed by atoms with Crippen molar-refractivity contribution in [1.82, 2.24) is 4.98 Å². The third-order valence-corrected chi connectivity index (χ3v) is 2.46. The minimum atomic E-state index is 0.324. The summed E-state index contributed by atoms with van der Waals surface area (Å²) in [6, 6.07) is 14.0. The molecule has 0 unspecified atom stereocenters. The van der Waals surface area contributed by atoms with Crippen LogP contribution in [0.3, 0.4) is 0 Å². The number of nitrogens with zero attached hydrogens (tertiary/aromatic N) is 3. The summed E-state index contributed by atoms with van der Waals surface area (Å²) in [4.78, 5) is 4.07. The van der Waals surface area contributed by atoms with Gasteiger partial charge in [-0.2, -0.15) is 10.5 Å². The minimum Gasteiger partial charge on any atom is -0.340 e. The first kappa shape index (κ1) is 11.9. The van der Waals surface area contributed by atoms with Crippen molar-refractivity contribution in [3.05, 3.63) is 52.7 Å². The fraction of sp³-hybridized carbons (Fsp3) is 0. The van der Waals surface area contributed by atoms with Gasteiger partial charge in [0.2, 0.25) is 0 Å². The van der Waals surface area contributed by atoms with E-state index in [2.05, 4.69) is 10.3 Å². The lowest BCUT2D eigenvalue weighted by molar-refractivity contribution is 1.30. The molecule has 0 atom stereocenters. The molecule has 1 aromatic heterocycles. The Hall–Kier alpha value is -2.56. The Morgan fingerprint density at radius 3 is 2.50 bits per heavy atom. The molecule has 86 valence electrons. The third kappa shape index (κ3) is 2.57. The normalized spacial score (nSPS) is 9.28. The van der Waals surface area contributed by atoms with Crippen LogP contribution in [-0.4, -0.2) is 4.98 Å². The number of hydrogen-bond acceptors (Lipinski definition) is 4. The molecule has 0 spiro atoms. The lowest BCUT2D eigenvalue weighted by atomic mass is 10.1. The van der Waals surface area contributed by atoms with Crippen LogP contribution in [0.4, 0.5) is 11.5 Å². The number of halogens is 1. The summed E-state index contributed by atoms with van der Waals surface area (Å²) in [5, 5.41) is 21.1. The zero-order valence-corrected chi connectivity index (χ0v) is 9.94. The summed E-state index contributed by atoms with van der Waals surface area (Å²) >= 11 is 5.77. The predicted molar refractivity (Wildman–Crippen MR) is 68.4 cm³/mol. The van der Waals surface area contributed by atoms with E-state index in [-0.39, 0.29) is 0 Å². The second-order valence-corrected chi connectivity index (χ2v) is 3.84. The molecule has 5 heteroatoms. The average molecular weight is 255 g/mol. The fourth-order valence-corrected chi connectivity index (χ4v) is 1.60. The first-order valence-corrected chi connectivity index (χ1v) is 5.44. The summed E-state index contributed by atoms with van der Waals surface area (Å²) in [7, 11) is 0. The van der Waals surface area contributed by atoms with E-state index < -0.39 is 0 Å². The third-order valence-electron chi connectivity index (χ3n) is 2.25. The number of nitrogens with one attached hydrogen (secondary N) is 1. The molecule has 0 aliphatic carbocycles. The molecule has 2 rings (SSSR count). The smallest absolute Gasteiger partial charge is 0.132 e. The van der Waals surface area contributed by atoms with Crippen LogP contribution < -0.4 is 5.32 Å². The van der Waals surface area contributed by atoms with E-state index in [1.807, 2.05) is 12.1 Å². The Labute approximate surface area is 109 Å². The van der Waals surface area contributed by atoms with E-state index in [1.165, 1.54) is 0 Å². The molecule has 4 nitrogen and oxygen atoms in total. The van der Waals surface area contributed by atoms with Gasteiger partial charge in [0.1, 0.15) is 23.1 Å². The summed E-state index contributed by atoms with van der Waals surface area (Å²) in [5.74, 6) is 0.580. The zero-order valence-electron chi connectivity index (χ0n) is 9.18. The van der Waals surface area contributed by atoms with Gasteiger partial charge >= 0.3 is 0 Å². The van der Waals surface area contributed by atoms with Gasteiger partial charge in [0.15, 0.2) is 0 Å². The summed E-state index contributed by atoms with van der Waals surface area (Å²) < 4.78 is 0. The van der Waals surface area contributed by atoms with Crippen molar-refractivity contribution in [3.8, 4) is 12.1 Å². The zero-order chi connectivity index (χ0) is 13.0. The molecule has 18 heavy (non-hydrogen) atoms. The molecule has 0 fully saturated rings. The van der Waals surface area contributed by atoms with Crippen molar-refractivity contribution in [1.29, 1.82) is 10.5 Å². The van der Waals surface area contributed by atoms with Crippen molar-refractivity contribution in [2.24, 2.45) is 0 Å². The van der Waals surface area contributed by atoms with Crippen molar-refractivity contribution < 1.29 is 0 Å². The first-order chi connectivity index (χ1) is 8.72. The standard InChI is InChI=1S/C13H7ClN4/c14-12-2-1-3-13(18-12)17-11-5-4-9(7-15)10(6-11)8-16/h1-6H,(H,17,18). The molecular formula is C13H7ClN4. The van der Waals surface area contributed by atoms with Gasteiger partial charge < -0.3 is 5.32 Å². The molecule has 1 N–H and O–H groups in total. The van der Waals surface area contributed by atoms with E-state index in [9.17, 15) is 0 Å². The highest BCUT2D eigenvalue weighted by atomic mass is 35.5. The van der Waals surface area contributed by atoms with E-state index >= 15 is 0 Å². The minimum absolute atomic E-state index is 0.324. The maximum Gasteiger partial charge on any atom is 0.132 e. The maximum atomic E-state index is 8.92. The van der Waals surface area contributed by atoms with Crippen molar-refractivity contribution in [2.45, 2.75) is 0 Å². The Kier molecular flexibility index (Phi) is 3.43. The molecule has 0 aliphatic heterocycles. The van der Waals surface area contributed by atoms with E-state index in [4.69, 9.17) is 22.1 Å². The summed E-state index contributed by atoms with van der Waals surface area (Å²) in [6.45, 7) is 0.